The maximum atomic E-state index is 12.2. The lowest BCUT2D eigenvalue weighted by Crippen LogP contribution is -2.25. The summed E-state index contributed by atoms with van der Waals surface area (Å²) in [5.74, 6) is 0.264. The molecule has 0 aromatic carbocycles. The Labute approximate surface area is 121 Å². The molecule has 2 heterocycles. The largest absolute Gasteiger partial charge is 0.484 e. The van der Waals surface area contributed by atoms with Crippen molar-refractivity contribution in [2.45, 2.75) is 25.0 Å². The first-order chi connectivity index (χ1) is 8.99. The zero-order valence-electron chi connectivity index (χ0n) is 9.91. The Morgan fingerprint density at radius 1 is 0.947 bits per heavy atom. The van der Waals surface area contributed by atoms with Crippen molar-refractivity contribution in [1.82, 2.24) is 0 Å². The van der Waals surface area contributed by atoms with Crippen molar-refractivity contribution in [2.24, 2.45) is 0 Å². The topological polar surface area (TPSA) is 80.3 Å². The second kappa shape index (κ2) is 6.73. The molecule has 0 saturated carbocycles. The highest BCUT2D eigenvalue weighted by molar-refractivity contribution is 7.62. The predicted octanol–water partition coefficient (Wildman–Crippen LogP) is 3.31. The molecule has 2 saturated heterocycles. The van der Waals surface area contributed by atoms with Crippen molar-refractivity contribution < 1.29 is 31.5 Å². The first-order valence-electron chi connectivity index (χ1n) is 5.68. The molecule has 7 nitrogen and oxygen atoms in total. The van der Waals surface area contributed by atoms with Crippen LogP contribution >= 0.6 is 38.8 Å². The van der Waals surface area contributed by atoms with Gasteiger partial charge in [-0.05, 0) is 12.8 Å². The summed E-state index contributed by atoms with van der Waals surface area (Å²) in [7, 11) is -8.00. The summed E-state index contributed by atoms with van der Waals surface area (Å²) in [4.78, 5) is 0. The van der Waals surface area contributed by atoms with Crippen molar-refractivity contribution in [3.8, 4) is 0 Å². The normalized spacial score (nSPS) is 44.1. The summed E-state index contributed by atoms with van der Waals surface area (Å²) >= 11 is 11.2. The molecule has 0 aromatic rings. The van der Waals surface area contributed by atoms with E-state index in [1.54, 1.807) is 0 Å². The van der Waals surface area contributed by atoms with Gasteiger partial charge in [-0.1, -0.05) is 0 Å². The van der Waals surface area contributed by atoms with E-state index >= 15 is 0 Å². The summed E-state index contributed by atoms with van der Waals surface area (Å²) in [6.07, 6.45) is -0.0108. The van der Waals surface area contributed by atoms with Crippen molar-refractivity contribution in [3.63, 3.8) is 0 Å². The molecule has 2 fully saturated rings. The highest BCUT2D eigenvalue weighted by Crippen LogP contribution is 2.68. The van der Waals surface area contributed by atoms with Crippen molar-refractivity contribution in [2.75, 3.05) is 25.0 Å². The summed E-state index contributed by atoms with van der Waals surface area (Å²) in [5.41, 5.74) is 0. The monoisotopic (exact) mass is 354 g/mol. The van der Waals surface area contributed by atoms with Gasteiger partial charge in [-0.25, -0.2) is 9.13 Å². The minimum Gasteiger partial charge on any atom is -0.286 e. The Balaban J connectivity index is 2.02. The van der Waals surface area contributed by atoms with Gasteiger partial charge in [0.05, 0.1) is 25.4 Å². The Morgan fingerprint density at radius 3 is 1.74 bits per heavy atom. The molecule has 0 bridgehead atoms. The van der Waals surface area contributed by atoms with E-state index in [0.717, 1.165) is 0 Å². The van der Waals surface area contributed by atoms with E-state index in [0.29, 0.717) is 12.8 Å². The standard InChI is InChI=1S/C8H14Cl2O7P2/c9-5-7-1-3-13-18(11,15-7)17-19(12)14-4-2-8(6-10)16-19/h7-8H,1-6H2/t7-,8-,18+,19+/m0/s1. The van der Waals surface area contributed by atoms with Crippen LogP contribution in [0.3, 0.4) is 0 Å². The van der Waals surface area contributed by atoms with Crippen LogP contribution in [0, 0.1) is 0 Å². The van der Waals surface area contributed by atoms with Crippen LogP contribution in [-0.2, 0) is 31.5 Å². The molecule has 0 unspecified atom stereocenters. The SMILES string of the molecule is O=[P@@]1(O[P@]2(=O)OCC[C@@H](CCl)O2)OCC[C@@H](CCl)O1. The predicted molar refractivity (Wildman–Crippen MR) is 68.6 cm³/mol. The average Bonchev–Trinajstić information content (AvgIpc) is 2.37. The molecule has 2 aliphatic rings. The average molecular weight is 355 g/mol. The molecule has 2 aliphatic heterocycles. The van der Waals surface area contributed by atoms with Crippen molar-refractivity contribution in [3.05, 3.63) is 0 Å². The van der Waals surface area contributed by atoms with Crippen LogP contribution in [0.25, 0.3) is 0 Å². The van der Waals surface area contributed by atoms with E-state index in [4.69, 9.17) is 45.6 Å². The second-order valence-corrected chi connectivity index (χ2v) is 7.98. The maximum Gasteiger partial charge on any atom is 0.484 e. The van der Waals surface area contributed by atoms with Gasteiger partial charge in [-0.3, -0.25) is 18.1 Å². The van der Waals surface area contributed by atoms with Gasteiger partial charge in [-0.15, -0.1) is 23.2 Å². The van der Waals surface area contributed by atoms with Gasteiger partial charge in [0.25, 0.3) is 0 Å². The molecule has 11 heteroatoms. The summed E-state index contributed by atoms with van der Waals surface area (Å²) in [6, 6.07) is 0. The van der Waals surface area contributed by atoms with Crippen LogP contribution in [0.4, 0.5) is 0 Å². The van der Waals surface area contributed by atoms with Crippen molar-refractivity contribution in [1.29, 1.82) is 0 Å². The third kappa shape index (κ3) is 4.40. The lowest BCUT2D eigenvalue weighted by molar-refractivity contribution is 0.0263. The summed E-state index contributed by atoms with van der Waals surface area (Å²) in [6.45, 7) is 0.265. The van der Waals surface area contributed by atoms with Crippen molar-refractivity contribution >= 4 is 38.8 Å². The van der Waals surface area contributed by atoms with E-state index in [-0.39, 0.29) is 25.0 Å². The van der Waals surface area contributed by atoms with Gasteiger partial charge < -0.3 is 0 Å². The molecule has 0 aliphatic carbocycles. The number of hydrogen-bond donors (Lipinski definition) is 0. The zero-order chi connectivity index (χ0) is 13.9. The van der Waals surface area contributed by atoms with Crippen LogP contribution in [0.5, 0.6) is 0 Å². The fourth-order valence-corrected chi connectivity index (χ4v) is 5.69. The van der Waals surface area contributed by atoms with Gasteiger partial charge in [-0.2, -0.15) is 4.31 Å². The Hall–Kier alpha value is 0.840. The van der Waals surface area contributed by atoms with E-state index in [1.807, 2.05) is 0 Å². The van der Waals surface area contributed by atoms with Gasteiger partial charge in [0.2, 0.25) is 0 Å². The van der Waals surface area contributed by atoms with Gasteiger partial charge in [0.1, 0.15) is 0 Å². The first-order valence-corrected chi connectivity index (χ1v) is 9.67. The number of rotatable bonds is 4. The van der Waals surface area contributed by atoms with E-state index in [9.17, 15) is 9.13 Å². The van der Waals surface area contributed by atoms with Gasteiger partial charge in [0, 0.05) is 11.8 Å². The van der Waals surface area contributed by atoms with Crippen LogP contribution in [0.1, 0.15) is 12.8 Å². The highest BCUT2D eigenvalue weighted by atomic mass is 35.5. The molecule has 0 aromatic heterocycles. The third-order valence-corrected chi connectivity index (χ3v) is 6.88. The van der Waals surface area contributed by atoms with E-state index < -0.39 is 27.9 Å². The molecule has 2 rings (SSSR count). The molecular weight excluding hydrogens is 341 g/mol. The number of alkyl halides is 2. The molecule has 4 atom stereocenters. The molecule has 0 radical (unpaired) electrons. The van der Waals surface area contributed by atoms with Crippen LogP contribution in [0.15, 0.2) is 0 Å². The van der Waals surface area contributed by atoms with E-state index in [2.05, 4.69) is 0 Å². The minimum atomic E-state index is -4.00. The minimum absolute atomic E-state index is 0.132. The molecule has 112 valence electrons. The third-order valence-electron chi connectivity index (χ3n) is 2.48. The number of phosphoric acid groups is 2. The quantitative estimate of drug-likeness (QED) is 0.565. The second-order valence-electron chi connectivity index (χ2n) is 3.98. The molecule has 0 N–H and O–H groups in total. The Kier molecular flexibility index (Phi) is 5.75. The fourth-order valence-electron chi connectivity index (χ4n) is 1.54. The number of phosphoric ester groups is 2. The Bertz CT molecular complexity index is 371. The summed E-state index contributed by atoms with van der Waals surface area (Å²) < 4.78 is 49.2. The molecule has 0 spiro atoms. The summed E-state index contributed by atoms with van der Waals surface area (Å²) in [5, 5.41) is 0. The lowest BCUT2D eigenvalue weighted by atomic mass is 10.3. The van der Waals surface area contributed by atoms with Crippen LogP contribution < -0.4 is 0 Å². The Morgan fingerprint density at radius 2 is 1.37 bits per heavy atom. The molecule has 0 amide bonds. The number of halogens is 2. The van der Waals surface area contributed by atoms with Crippen LogP contribution in [0.2, 0.25) is 0 Å². The van der Waals surface area contributed by atoms with Crippen LogP contribution in [-0.4, -0.2) is 37.2 Å². The number of hydrogen-bond acceptors (Lipinski definition) is 7. The zero-order valence-corrected chi connectivity index (χ0v) is 13.2. The highest BCUT2D eigenvalue weighted by Gasteiger charge is 2.46. The lowest BCUT2D eigenvalue weighted by Gasteiger charge is -2.32. The maximum absolute atomic E-state index is 12.2. The molecular formula is C8H14Cl2O7P2. The smallest absolute Gasteiger partial charge is 0.286 e. The fraction of sp³-hybridized carbons (Fsp3) is 1.00. The molecule has 19 heavy (non-hydrogen) atoms. The van der Waals surface area contributed by atoms with E-state index in [1.165, 1.54) is 0 Å². The first kappa shape index (κ1) is 16.2. The van der Waals surface area contributed by atoms with Gasteiger partial charge >= 0.3 is 15.6 Å². The van der Waals surface area contributed by atoms with Gasteiger partial charge in [0.15, 0.2) is 0 Å².